The standard InChI is InChI=1S/C14H14FN3O2/c1-17-10-16-18(14(17)20)9-12-6-5-11(8-13(12)15)4-2-3-7-19/h5-6,8,10,19H,3,7,9H2,1H3. The molecule has 104 valence electrons. The van der Waals surface area contributed by atoms with Crippen LogP contribution in [-0.4, -0.2) is 26.1 Å². The van der Waals surface area contributed by atoms with Crippen molar-refractivity contribution in [3.8, 4) is 11.8 Å². The Morgan fingerprint density at radius 1 is 1.45 bits per heavy atom. The Morgan fingerprint density at radius 3 is 2.85 bits per heavy atom. The molecule has 2 rings (SSSR count). The maximum Gasteiger partial charge on any atom is 0.345 e. The van der Waals surface area contributed by atoms with Crippen molar-refractivity contribution in [1.29, 1.82) is 0 Å². The van der Waals surface area contributed by atoms with Crippen molar-refractivity contribution < 1.29 is 9.50 Å². The second kappa shape index (κ2) is 6.17. The molecule has 1 aromatic carbocycles. The lowest BCUT2D eigenvalue weighted by molar-refractivity contribution is 0.305. The molecule has 0 aliphatic rings. The zero-order chi connectivity index (χ0) is 14.5. The summed E-state index contributed by atoms with van der Waals surface area (Å²) in [7, 11) is 1.59. The van der Waals surface area contributed by atoms with Gasteiger partial charge in [-0.3, -0.25) is 4.57 Å². The second-order valence-electron chi connectivity index (χ2n) is 4.26. The normalized spacial score (nSPS) is 10.2. The summed E-state index contributed by atoms with van der Waals surface area (Å²) in [5, 5.41) is 12.5. The molecule has 0 unspecified atom stereocenters. The van der Waals surface area contributed by atoms with E-state index < -0.39 is 5.82 Å². The van der Waals surface area contributed by atoms with Gasteiger partial charge in [-0.05, 0) is 12.1 Å². The number of aliphatic hydroxyl groups is 1. The van der Waals surface area contributed by atoms with Crippen LogP contribution in [0.25, 0.3) is 0 Å². The van der Waals surface area contributed by atoms with Crippen molar-refractivity contribution >= 4 is 0 Å². The first-order valence-corrected chi connectivity index (χ1v) is 6.08. The molecule has 0 atom stereocenters. The van der Waals surface area contributed by atoms with Gasteiger partial charge in [0.05, 0.1) is 13.2 Å². The van der Waals surface area contributed by atoms with Gasteiger partial charge in [0.2, 0.25) is 0 Å². The number of hydrogen-bond acceptors (Lipinski definition) is 3. The van der Waals surface area contributed by atoms with Crippen LogP contribution in [0.5, 0.6) is 0 Å². The second-order valence-corrected chi connectivity index (χ2v) is 4.26. The number of benzene rings is 1. The summed E-state index contributed by atoms with van der Waals surface area (Å²) in [5.74, 6) is 5.05. The van der Waals surface area contributed by atoms with Gasteiger partial charge >= 0.3 is 5.69 Å². The first-order valence-electron chi connectivity index (χ1n) is 6.08. The summed E-state index contributed by atoms with van der Waals surface area (Å²) in [5.41, 5.74) is 0.614. The van der Waals surface area contributed by atoms with Crippen LogP contribution in [0.3, 0.4) is 0 Å². The molecule has 0 amide bonds. The highest BCUT2D eigenvalue weighted by Crippen LogP contribution is 2.10. The number of hydrogen-bond donors (Lipinski definition) is 1. The molecule has 0 saturated carbocycles. The van der Waals surface area contributed by atoms with Crippen LogP contribution in [-0.2, 0) is 13.6 Å². The van der Waals surface area contributed by atoms with E-state index in [9.17, 15) is 9.18 Å². The molecule has 0 fully saturated rings. The number of halogens is 1. The molecule has 0 spiro atoms. The van der Waals surface area contributed by atoms with Crippen molar-refractivity contribution in [1.82, 2.24) is 14.3 Å². The minimum Gasteiger partial charge on any atom is -0.395 e. The molecular formula is C14H14FN3O2. The largest absolute Gasteiger partial charge is 0.395 e. The summed E-state index contributed by atoms with van der Waals surface area (Å²) in [6.07, 6.45) is 1.74. The summed E-state index contributed by atoms with van der Waals surface area (Å²) >= 11 is 0. The van der Waals surface area contributed by atoms with Crippen molar-refractivity contribution in [2.45, 2.75) is 13.0 Å². The quantitative estimate of drug-likeness (QED) is 0.830. The minimum atomic E-state index is -0.432. The zero-order valence-corrected chi connectivity index (χ0v) is 11.0. The Balaban J connectivity index is 2.20. The molecule has 5 nitrogen and oxygen atoms in total. The molecule has 0 saturated heterocycles. The van der Waals surface area contributed by atoms with Crippen LogP contribution in [0.2, 0.25) is 0 Å². The van der Waals surface area contributed by atoms with Crippen molar-refractivity contribution in [3.63, 3.8) is 0 Å². The van der Waals surface area contributed by atoms with Crippen LogP contribution in [0.4, 0.5) is 4.39 Å². The fourth-order valence-electron chi connectivity index (χ4n) is 1.66. The number of rotatable bonds is 3. The third kappa shape index (κ3) is 3.13. The number of aromatic nitrogens is 3. The van der Waals surface area contributed by atoms with Crippen LogP contribution in [0, 0.1) is 17.7 Å². The first-order chi connectivity index (χ1) is 9.61. The molecule has 1 aromatic heterocycles. The van der Waals surface area contributed by atoms with Gasteiger partial charge in [0.25, 0.3) is 0 Å². The smallest absolute Gasteiger partial charge is 0.345 e. The highest BCUT2D eigenvalue weighted by atomic mass is 19.1. The molecule has 20 heavy (non-hydrogen) atoms. The Hall–Kier alpha value is -2.39. The first kappa shape index (κ1) is 14.0. The summed E-state index contributed by atoms with van der Waals surface area (Å²) in [6.45, 7) is 0.0615. The third-order valence-electron chi connectivity index (χ3n) is 2.73. The number of nitrogens with zero attached hydrogens (tertiary/aromatic N) is 3. The van der Waals surface area contributed by atoms with E-state index in [1.807, 2.05) is 0 Å². The summed E-state index contributed by atoms with van der Waals surface area (Å²) < 4.78 is 16.4. The Bertz CT molecular complexity index is 722. The van der Waals surface area contributed by atoms with Gasteiger partial charge in [-0.15, -0.1) is 0 Å². The molecule has 6 heteroatoms. The van der Waals surface area contributed by atoms with E-state index in [2.05, 4.69) is 16.9 Å². The number of aliphatic hydroxyl groups excluding tert-OH is 1. The van der Waals surface area contributed by atoms with Crippen LogP contribution in [0.1, 0.15) is 17.5 Å². The van der Waals surface area contributed by atoms with E-state index in [-0.39, 0.29) is 18.8 Å². The maximum absolute atomic E-state index is 13.9. The van der Waals surface area contributed by atoms with E-state index in [0.717, 1.165) is 0 Å². The molecule has 1 N–H and O–H groups in total. The summed E-state index contributed by atoms with van der Waals surface area (Å²) in [4.78, 5) is 11.6. The van der Waals surface area contributed by atoms with Crippen LogP contribution in [0.15, 0.2) is 29.3 Å². The highest BCUT2D eigenvalue weighted by molar-refractivity contribution is 5.37. The fraction of sp³-hybridized carbons (Fsp3) is 0.286. The van der Waals surface area contributed by atoms with Gasteiger partial charge in [0.15, 0.2) is 0 Å². The predicted molar refractivity (Wildman–Crippen MR) is 71.6 cm³/mol. The zero-order valence-electron chi connectivity index (χ0n) is 11.0. The highest BCUT2D eigenvalue weighted by Gasteiger charge is 2.07. The Kier molecular flexibility index (Phi) is 4.33. The lowest BCUT2D eigenvalue weighted by Crippen LogP contribution is -2.23. The van der Waals surface area contributed by atoms with Gasteiger partial charge in [-0.2, -0.15) is 5.10 Å². The van der Waals surface area contributed by atoms with Gasteiger partial charge < -0.3 is 5.11 Å². The number of aryl methyl sites for hydroxylation is 1. The molecule has 2 aromatic rings. The molecular weight excluding hydrogens is 261 g/mol. The van der Waals surface area contributed by atoms with Gasteiger partial charge in [0, 0.05) is 24.6 Å². The topological polar surface area (TPSA) is 60.1 Å². The Labute approximate surface area is 115 Å². The van der Waals surface area contributed by atoms with Gasteiger partial charge in [0.1, 0.15) is 12.1 Å². The van der Waals surface area contributed by atoms with Crippen LogP contribution >= 0.6 is 0 Å². The van der Waals surface area contributed by atoms with E-state index in [1.54, 1.807) is 19.2 Å². The van der Waals surface area contributed by atoms with Gasteiger partial charge in [-0.1, -0.05) is 17.9 Å². The van der Waals surface area contributed by atoms with E-state index >= 15 is 0 Å². The lowest BCUT2D eigenvalue weighted by Gasteiger charge is -2.03. The molecule has 0 radical (unpaired) electrons. The van der Waals surface area contributed by atoms with E-state index in [4.69, 9.17) is 5.11 Å². The van der Waals surface area contributed by atoms with Crippen molar-refractivity contribution in [2.75, 3.05) is 6.61 Å². The van der Waals surface area contributed by atoms with Crippen molar-refractivity contribution in [2.24, 2.45) is 7.05 Å². The molecule has 1 heterocycles. The molecule has 0 aliphatic carbocycles. The predicted octanol–water partition coefficient (Wildman–Crippen LogP) is 0.503. The molecule has 0 aliphatic heterocycles. The van der Waals surface area contributed by atoms with Crippen molar-refractivity contribution in [3.05, 3.63) is 52.0 Å². The SMILES string of the molecule is Cn1cnn(Cc2ccc(C#CCCO)cc2F)c1=O. The third-order valence-corrected chi connectivity index (χ3v) is 2.73. The maximum atomic E-state index is 13.9. The molecule has 0 bridgehead atoms. The fourth-order valence-corrected chi connectivity index (χ4v) is 1.66. The monoisotopic (exact) mass is 275 g/mol. The Morgan fingerprint density at radius 2 is 2.25 bits per heavy atom. The summed E-state index contributed by atoms with van der Waals surface area (Å²) in [6, 6.07) is 4.57. The lowest BCUT2D eigenvalue weighted by atomic mass is 10.1. The van der Waals surface area contributed by atoms with Crippen LogP contribution < -0.4 is 5.69 Å². The average Bonchev–Trinajstić information content (AvgIpc) is 2.74. The average molecular weight is 275 g/mol. The van der Waals surface area contributed by atoms with E-state index in [0.29, 0.717) is 17.5 Å². The van der Waals surface area contributed by atoms with E-state index in [1.165, 1.54) is 21.6 Å². The minimum absolute atomic E-state index is 0.0177. The van der Waals surface area contributed by atoms with Gasteiger partial charge in [-0.25, -0.2) is 13.9 Å².